The topological polar surface area (TPSA) is 85.0 Å². The third kappa shape index (κ3) is 2.48. The van der Waals surface area contributed by atoms with Crippen molar-refractivity contribution in [2.24, 2.45) is 11.7 Å². The minimum Gasteiger partial charge on any atom is -0.330 e. The van der Waals surface area contributed by atoms with Gasteiger partial charge in [0.25, 0.3) is 0 Å². The van der Waals surface area contributed by atoms with E-state index in [-0.39, 0.29) is 11.8 Å². The van der Waals surface area contributed by atoms with Gasteiger partial charge in [-0.05, 0) is 6.42 Å². The molecule has 0 bridgehead atoms. The van der Waals surface area contributed by atoms with E-state index in [0.717, 1.165) is 25.3 Å². The minimum absolute atomic E-state index is 0.0240. The molecule has 1 saturated heterocycles. The van der Waals surface area contributed by atoms with Crippen molar-refractivity contribution >= 4 is 11.7 Å². The fraction of sp³-hybridized carbons (Fsp3) is 0.636. The molecule has 1 fully saturated rings. The minimum atomic E-state index is -0.127. The van der Waals surface area contributed by atoms with Crippen molar-refractivity contribution in [2.45, 2.75) is 19.4 Å². The van der Waals surface area contributed by atoms with Crippen LogP contribution in [-0.2, 0) is 4.79 Å². The summed E-state index contributed by atoms with van der Waals surface area (Å²) in [5.74, 6) is 0.607. The van der Waals surface area contributed by atoms with E-state index in [9.17, 15) is 4.79 Å². The Kier molecular flexibility index (Phi) is 3.75. The van der Waals surface area contributed by atoms with Crippen LogP contribution in [0.4, 0.5) is 5.82 Å². The van der Waals surface area contributed by atoms with Gasteiger partial charge in [0.2, 0.25) is 5.91 Å². The summed E-state index contributed by atoms with van der Waals surface area (Å²) in [7, 11) is 0. The lowest BCUT2D eigenvalue weighted by atomic mass is 10.1. The van der Waals surface area contributed by atoms with E-state index in [1.165, 1.54) is 0 Å². The van der Waals surface area contributed by atoms with E-state index in [2.05, 4.69) is 15.7 Å². The normalized spacial score (nSPS) is 17.5. The number of nitrogens with one attached hydrogen (secondary N) is 2. The summed E-state index contributed by atoms with van der Waals surface area (Å²) in [6.45, 7) is 4.14. The van der Waals surface area contributed by atoms with Crippen molar-refractivity contribution in [1.29, 1.82) is 0 Å². The molecule has 6 heteroatoms. The molecule has 94 valence electrons. The summed E-state index contributed by atoms with van der Waals surface area (Å²) in [5.41, 5.74) is 5.56. The highest BCUT2D eigenvalue weighted by Crippen LogP contribution is 2.18. The summed E-state index contributed by atoms with van der Waals surface area (Å²) in [5, 5.41) is 10.3. The van der Waals surface area contributed by atoms with Crippen LogP contribution < -0.4 is 16.4 Å². The Morgan fingerprint density at radius 2 is 2.53 bits per heavy atom. The number of rotatable bonds is 5. The fourth-order valence-electron chi connectivity index (χ4n) is 1.84. The van der Waals surface area contributed by atoms with Crippen LogP contribution in [0.3, 0.4) is 0 Å². The average Bonchev–Trinajstić information content (AvgIpc) is 2.66. The maximum Gasteiger partial charge on any atom is 0.229 e. The standard InChI is InChI=1S/C11H19N5O/c1-2-8(5-12)11(17)15-10-3-4-14-16(10)9-6-13-7-9/h3-4,8-9,13H,2,5-7,12H2,1H3,(H,15,17). The Labute approximate surface area is 101 Å². The summed E-state index contributed by atoms with van der Waals surface area (Å²) in [6.07, 6.45) is 2.46. The van der Waals surface area contributed by atoms with Crippen LogP contribution in [0.5, 0.6) is 0 Å². The number of amides is 1. The van der Waals surface area contributed by atoms with Crippen LogP contribution >= 0.6 is 0 Å². The molecule has 0 aliphatic carbocycles. The van der Waals surface area contributed by atoms with Crippen LogP contribution in [0.1, 0.15) is 19.4 Å². The number of nitrogens with two attached hydrogens (primary N) is 1. The molecule has 1 aliphatic rings. The summed E-state index contributed by atoms with van der Waals surface area (Å²) in [4.78, 5) is 11.9. The zero-order valence-electron chi connectivity index (χ0n) is 10.0. The Morgan fingerprint density at radius 1 is 1.76 bits per heavy atom. The molecule has 2 heterocycles. The molecule has 0 spiro atoms. The van der Waals surface area contributed by atoms with Crippen molar-refractivity contribution in [3.05, 3.63) is 12.3 Å². The van der Waals surface area contributed by atoms with Crippen LogP contribution in [0, 0.1) is 5.92 Å². The lowest BCUT2D eigenvalue weighted by Crippen LogP contribution is -2.44. The van der Waals surface area contributed by atoms with Crippen LogP contribution in [0.25, 0.3) is 0 Å². The number of aromatic nitrogens is 2. The SMILES string of the molecule is CCC(CN)C(=O)Nc1ccnn1C1CNC1. The molecule has 1 aliphatic heterocycles. The van der Waals surface area contributed by atoms with Gasteiger partial charge in [-0.15, -0.1) is 0 Å². The van der Waals surface area contributed by atoms with Crippen molar-refractivity contribution < 1.29 is 4.79 Å². The molecule has 1 aromatic heterocycles. The smallest absolute Gasteiger partial charge is 0.229 e. The summed E-state index contributed by atoms with van der Waals surface area (Å²) >= 11 is 0. The maximum absolute atomic E-state index is 11.9. The van der Waals surface area contributed by atoms with Crippen LogP contribution in [-0.4, -0.2) is 35.3 Å². The van der Waals surface area contributed by atoms with E-state index in [1.807, 2.05) is 17.7 Å². The monoisotopic (exact) mass is 237 g/mol. The second-order valence-electron chi connectivity index (χ2n) is 4.30. The molecule has 0 aromatic carbocycles. The molecule has 1 unspecified atom stereocenters. The Bertz CT molecular complexity index is 381. The average molecular weight is 237 g/mol. The van der Waals surface area contributed by atoms with Crippen molar-refractivity contribution in [3.63, 3.8) is 0 Å². The van der Waals surface area contributed by atoms with Crippen molar-refractivity contribution in [1.82, 2.24) is 15.1 Å². The number of nitrogens with zero attached hydrogens (tertiary/aromatic N) is 2. The summed E-state index contributed by atoms with van der Waals surface area (Å²) in [6, 6.07) is 2.16. The first-order valence-corrected chi connectivity index (χ1v) is 6.01. The van der Waals surface area contributed by atoms with Crippen molar-refractivity contribution in [3.8, 4) is 0 Å². The van der Waals surface area contributed by atoms with Gasteiger partial charge in [-0.1, -0.05) is 6.92 Å². The molecule has 4 N–H and O–H groups in total. The number of carbonyl (C=O) groups is 1. The Morgan fingerprint density at radius 3 is 3.06 bits per heavy atom. The predicted octanol–water partition coefficient (Wildman–Crippen LogP) is -0.0492. The first-order valence-electron chi connectivity index (χ1n) is 6.01. The van der Waals surface area contributed by atoms with E-state index in [1.54, 1.807) is 6.20 Å². The third-order valence-corrected chi connectivity index (χ3v) is 3.18. The van der Waals surface area contributed by atoms with Gasteiger partial charge < -0.3 is 16.4 Å². The Hall–Kier alpha value is -1.40. The largest absolute Gasteiger partial charge is 0.330 e. The molecular weight excluding hydrogens is 218 g/mol. The number of anilines is 1. The van der Waals surface area contributed by atoms with Gasteiger partial charge in [0.1, 0.15) is 5.82 Å². The zero-order chi connectivity index (χ0) is 12.3. The summed E-state index contributed by atoms with van der Waals surface area (Å²) < 4.78 is 1.86. The van der Waals surface area contributed by atoms with Gasteiger partial charge in [-0.25, -0.2) is 4.68 Å². The second-order valence-corrected chi connectivity index (χ2v) is 4.30. The highest BCUT2D eigenvalue weighted by atomic mass is 16.2. The molecule has 6 nitrogen and oxygen atoms in total. The molecular formula is C11H19N5O. The highest BCUT2D eigenvalue weighted by molar-refractivity contribution is 5.91. The van der Waals surface area contributed by atoms with Gasteiger partial charge in [0.15, 0.2) is 0 Å². The molecule has 1 amide bonds. The molecule has 0 saturated carbocycles. The first kappa shape index (κ1) is 12.1. The van der Waals surface area contributed by atoms with Gasteiger partial charge in [-0.3, -0.25) is 4.79 Å². The third-order valence-electron chi connectivity index (χ3n) is 3.18. The first-order chi connectivity index (χ1) is 8.26. The molecule has 0 radical (unpaired) electrons. The van der Waals surface area contributed by atoms with Gasteiger partial charge in [-0.2, -0.15) is 5.10 Å². The van der Waals surface area contributed by atoms with E-state index >= 15 is 0 Å². The second kappa shape index (κ2) is 5.29. The molecule has 1 atom stereocenters. The highest BCUT2D eigenvalue weighted by Gasteiger charge is 2.23. The van der Waals surface area contributed by atoms with Crippen LogP contribution in [0.15, 0.2) is 12.3 Å². The molecule has 1 aromatic rings. The Balaban J connectivity index is 2.02. The predicted molar refractivity (Wildman–Crippen MR) is 65.6 cm³/mol. The van der Waals surface area contributed by atoms with Gasteiger partial charge >= 0.3 is 0 Å². The van der Waals surface area contributed by atoms with E-state index in [0.29, 0.717) is 12.6 Å². The number of carbonyl (C=O) groups excluding carboxylic acids is 1. The number of hydrogen-bond acceptors (Lipinski definition) is 4. The van der Waals surface area contributed by atoms with E-state index < -0.39 is 0 Å². The zero-order valence-corrected chi connectivity index (χ0v) is 10.0. The number of hydrogen-bond donors (Lipinski definition) is 3. The van der Waals surface area contributed by atoms with Gasteiger partial charge in [0, 0.05) is 25.7 Å². The maximum atomic E-state index is 11.9. The fourth-order valence-corrected chi connectivity index (χ4v) is 1.84. The lowest BCUT2D eigenvalue weighted by Gasteiger charge is -2.29. The van der Waals surface area contributed by atoms with Crippen molar-refractivity contribution in [2.75, 3.05) is 25.0 Å². The molecule has 2 rings (SSSR count). The van der Waals surface area contributed by atoms with Crippen LogP contribution in [0.2, 0.25) is 0 Å². The lowest BCUT2D eigenvalue weighted by molar-refractivity contribution is -0.119. The van der Waals surface area contributed by atoms with Gasteiger partial charge in [0.05, 0.1) is 18.2 Å². The quantitative estimate of drug-likeness (QED) is 0.670. The molecule has 17 heavy (non-hydrogen) atoms. The van der Waals surface area contributed by atoms with E-state index in [4.69, 9.17) is 5.73 Å².